The van der Waals surface area contributed by atoms with Crippen molar-refractivity contribution >= 4 is 34.7 Å². The number of hydrogen-bond donors (Lipinski definition) is 2. The van der Waals surface area contributed by atoms with E-state index in [0.717, 1.165) is 5.70 Å². The first-order valence-electron chi connectivity index (χ1n) is 11.1. The fourth-order valence-corrected chi connectivity index (χ4v) is 5.35. The van der Waals surface area contributed by atoms with Crippen LogP contribution in [0.15, 0.2) is 46.0 Å². The highest BCUT2D eigenvalue weighted by molar-refractivity contribution is 7.11. The van der Waals surface area contributed by atoms with Crippen LogP contribution in [0.2, 0.25) is 5.02 Å². The fourth-order valence-electron chi connectivity index (χ4n) is 4.44. The molecule has 1 aromatic heterocycles. The molecule has 0 aliphatic carbocycles. The maximum absolute atomic E-state index is 13.8. The second kappa shape index (κ2) is 9.71. The molecule has 5 rings (SSSR count). The van der Waals surface area contributed by atoms with Crippen LogP contribution in [-0.2, 0) is 14.3 Å². The molecule has 2 fully saturated rings. The van der Waals surface area contributed by atoms with Gasteiger partial charge in [-0.3, -0.25) is 10.3 Å². The molecule has 0 radical (unpaired) electrons. The fraction of sp³-hybridized carbons (Fsp3) is 0.435. The maximum atomic E-state index is 13.8. The Morgan fingerprint density at radius 1 is 1.47 bits per heavy atom. The molecule has 3 atom stereocenters. The SMILES string of the molecule is CCOC(=O)C1=C2C[C@H](NC(O)C3COC3)CN2C(c2nccs2)=N[C@H]1c1ccc(F)cc1Cl. The molecule has 3 aliphatic heterocycles. The first-order valence-corrected chi connectivity index (χ1v) is 12.3. The molecular formula is C23H24ClFN4O4S. The number of aliphatic hydroxyl groups excluding tert-OH is 1. The molecule has 0 saturated carbocycles. The van der Waals surface area contributed by atoms with Crippen molar-refractivity contribution in [3.8, 4) is 0 Å². The number of esters is 1. The van der Waals surface area contributed by atoms with Crippen LogP contribution in [0, 0.1) is 11.7 Å². The van der Waals surface area contributed by atoms with Crippen molar-refractivity contribution in [2.75, 3.05) is 26.4 Å². The third kappa shape index (κ3) is 4.36. The Bertz CT molecular complexity index is 1140. The van der Waals surface area contributed by atoms with E-state index in [1.165, 1.54) is 23.5 Å². The van der Waals surface area contributed by atoms with Crippen LogP contribution in [0.25, 0.3) is 0 Å². The van der Waals surface area contributed by atoms with Crippen molar-refractivity contribution in [1.82, 2.24) is 15.2 Å². The van der Waals surface area contributed by atoms with Crippen molar-refractivity contribution in [1.29, 1.82) is 0 Å². The van der Waals surface area contributed by atoms with Gasteiger partial charge in [-0.1, -0.05) is 17.7 Å². The number of benzene rings is 1. The molecule has 180 valence electrons. The van der Waals surface area contributed by atoms with Crippen LogP contribution >= 0.6 is 22.9 Å². The van der Waals surface area contributed by atoms with E-state index in [4.69, 9.17) is 26.1 Å². The average molecular weight is 507 g/mol. The van der Waals surface area contributed by atoms with Gasteiger partial charge in [0.2, 0.25) is 0 Å². The zero-order chi connectivity index (χ0) is 23.8. The average Bonchev–Trinajstić information content (AvgIpc) is 3.41. The van der Waals surface area contributed by atoms with Gasteiger partial charge in [0.05, 0.1) is 25.4 Å². The largest absolute Gasteiger partial charge is 0.463 e. The van der Waals surface area contributed by atoms with Gasteiger partial charge in [0.15, 0.2) is 10.8 Å². The first kappa shape index (κ1) is 23.4. The van der Waals surface area contributed by atoms with Crippen LogP contribution in [0.4, 0.5) is 4.39 Å². The molecule has 1 unspecified atom stereocenters. The van der Waals surface area contributed by atoms with Crippen molar-refractivity contribution < 1.29 is 23.8 Å². The van der Waals surface area contributed by atoms with E-state index in [2.05, 4.69) is 10.3 Å². The topological polar surface area (TPSA) is 96.3 Å². The Labute approximate surface area is 205 Å². The quantitative estimate of drug-likeness (QED) is 0.440. The highest BCUT2D eigenvalue weighted by Gasteiger charge is 2.43. The third-order valence-electron chi connectivity index (χ3n) is 6.15. The predicted molar refractivity (Wildman–Crippen MR) is 125 cm³/mol. The zero-order valence-corrected chi connectivity index (χ0v) is 20.0. The predicted octanol–water partition coefficient (Wildman–Crippen LogP) is 2.88. The summed E-state index contributed by atoms with van der Waals surface area (Å²) in [7, 11) is 0. The summed E-state index contributed by atoms with van der Waals surface area (Å²) < 4.78 is 24.4. The molecule has 2 aromatic rings. The van der Waals surface area contributed by atoms with E-state index in [1.807, 2.05) is 10.3 Å². The van der Waals surface area contributed by atoms with Gasteiger partial charge >= 0.3 is 5.97 Å². The van der Waals surface area contributed by atoms with E-state index in [1.54, 1.807) is 19.2 Å². The lowest BCUT2D eigenvalue weighted by molar-refractivity contribution is -0.139. The van der Waals surface area contributed by atoms with E-state index in [-0.39, 0.29) is 23.6 Å². The molecule has 8 nitrogen and oxygen atoms in total. The van der Waals surface area contributed by atoms with E-state index in [0.29, 0.717) is 48.2 Å². The number of aliphatic hydroxyl groups is 1. The minimum atomic E-state index is -0.777. The second-order valence-electron chi connectivity index (χ2n) is 8.36. The summed E-state index contributed by atoms with van der Waals surface area (Å²) in [6.45, 7) is 3.45. The number of aromatic nitrogens is 1. The van der Waals surface area contributed by atoms with E-state index >= 15 is 0 Å². The van der Waals surface area contributed by atoms with Crippen LogP contribution in [0.1, 0.15) is 30.0 Å². The summed E-state index contributed by atoms with van der Waals surface area (Å²) in [4.78, 5) is 24.5. The van der Waals surface area contributed by atoms with Gasteiger partial charge in [0.25, 0.3) is 0 Å². The summed E-state index contributed by atoms with van der Waals surface area (Å²) in [6.07, 6.45) is 1.45. The molecular weight excluding hydrogens is 483 g/mol. The molecule has 3 aliphatic rings. The number of amidine groups is 1. The summed E-state index contributed by atoms with van der Waals surface area (Å²) in [5.74, 6) is -0.327. The number of hydrogen-bond acceptors (Lipinski definition) is 9. The number of nitrogens with one attached hydrogen (secondary N) is 1. The monoisotopic (exact) mass is 506 g/mol. The number of halogens is 2. The van der Waals surface area contributed by atoms with Gasteiger partial charge < -0.3 is 19.5 Å². The molecule has 34 heavy (non-hydrogen) atoms. The van der Waals surface area contributed by atoms with Gasteiger partial charge in [0, 0.05) is 52.8 Å². The molecule has 0 spiro atoms. The highest BCUT2D eigenvalue weighted by Crippen LogP contribution is 2.42. The lowest BCUT2D eigenvalue weighted by atomic mass is 9.94. The van der Waals surface area contributed by atoms with Crippen molar-refractivity contribution in [2.45, 2.75) is 31.7 Å². The first-order chi connectivity index (χ1) is 16.5. The number of fused-ring (bicyclic) bond motifs is 1. The summed E-state index contributed by atoms with van der Waals surface area (Å²) >= 11 is 7.85. The van der Waals surface area contributed by atoms with E-state index in [9.17, 15) is 14.3 Å². The number of carbonyl (C=O) groups is 1. The molecule has 2 saturated heterocycles. The second-order valence-corrected chi connectivity index (χ2v) is 9.66. The van der Waals surface area contributed by atoms with Crippen molar-refractivity contribution in [2.24, 2.45) is 10.9 Å². The molecule has 1 aromatic carbocycles. The summed E-state index contributed by atoms with van der Waals surface area (Å²) in [5.41, 5.74) is 1.61. The van der Waals surface area contributed by atoms with Gasteiger partial charge in [-0.25, -0.2) is 14.2 Å². The molecule has 2 N–H and O–H groups in total. The van der Waals surface area contributed by atoms with Crippen LogP contribution in [0.3, 0.4) is 0 Å². The minimum absolute atomic E-state index is 0.0361. The Hall–Kier alpha value is -2.37. The number of rotatable bonds is 7. The number of aliphatic imine (C=N–C) groups is 1. The van der Waals surface area contributed by atoms with Gasteiger partial charge in [-0.2, -0.15) is 0 Å². The molecule has 11 heteroatoms. The van der Waals surface area contributed by atoms with Gasteiger partial charge in [0.1, 0.15) is 18.1 Å². The van der Waals surface area contributed by atoms with Crippen molar-refractivity contribution in [3.05, 3.63) is 62.5 Å². The standard InChI is InChI=1S/C23H24ClFN4O4S/c1-2-33-23(31)18-17-8-14(27-21(30)12-10-32-11-12)9-29(17)20(22-26-5-6-34-22)28-19(18)15-4-3-13(25)7-16(15)24/h3-7,12,14,19,21,27,30H,2,8-11H2,1H3/t14-,19-,21?/m0/s1. The highest BCUT2D eigenvalue weighted by atomic mass is 35.5. The normalized spacial score (nSPS) is 23.4. The number of ether oxygens (including phenoxy) is 2. The number of carbonyl (C=O) groups excluding carboxylic acids is 1. The summed E-state index contributed by atoms with van der Waals surface area (Å²) in [5, 5.41) is 16.5. The zero-order valence-electron chi connectivity index (χ0n) is 18.4. The minimum Gasteiger partial charge on any atom is -0.463 e. The van der Waals surface area contributed by atoms with Crippen LogP contribution < -0.4 is 5.32 Å². The Morgan fingerprint density at radius 3 is 2.94 bits per heavy atom. The smallest absolute Gasteiger partial charge is 0.338 e. The number of nitrogens with zero attached hydrogens (tertiary/aromatic N) is 3. The summed E-state index contributed by atoms with van der Waals surface area (Å²) in [6, 6.07) is 3.15. The Kier molecular flexibility index (Phi) is 6.67. The Balaban J connectivity index is 1.58. The van der Waals surface area contributed by atoms with Crippen LogP contribution in [0.5, 0.6) is 0 Å². The third-order valence-corrected chi connectivity index (χ3v) is 7.25. The van der Waals surface area contributed by atoms with Gasteiger partial charge in [-0.05, 0) is 19.1 Å². The Morgan fingerprint density at radius 2 is 2.29 bits per heavy atom. The lowest BCUT2D eigenvalue weighted by Gasteiger charge is -2.32. The van der Waals surface area contributed by atoms with E-state index < -0.39 is 24.1 Å². The molecule has 4 heterocycles. The van der Waals surface area contributed by atoms with Gasteiger partial charge in [-0.15, -0.1) is 11.3 Å². The molecule has 0 bridgehead atoms. The van der Waals surface area contributed by atoms with Crippen LogP contribution in [-0.4, -0.2) is 65.4 Å². The molecule has 0 amide bonds. The maximum Gasteiger partial charge on any atom is 0.338 e. The number of thiazole rings is 1. The van der Waals surface area contributed by atoms with Crippen molar-refractivity contribution in [3.63, 3.8) is 0 Å². The lowest BCUT2D eigenvalue weighted by Crippen LogP contribution is -2.50.